The van der Waals surface area contributed by atoms with Crippen LogP contribution in [0.1, 0.15) is 21.6 Å². The average Bonchev–Trinajstić information content (AvgIpc) is 3.47. The summed E-state index contributed by atoms with van der Waals surface area (Å²) >= 11 is 1.29. The number of nitrogens with two attached hydrogens (primary N) is 1. The minimum absolute atomic E-state index is 0.0255. The van der Waals surface area contributed by atoms with E-state index in [-0.39, 0.29) is 28.6 Å². The first-order valence-electron chi connectivity index (χ1n) is 8.44. The molecule has 1 aromatic carbocycles. The Morgan fingerprint density at radius 1 is 1.23 bits per heavy atom. The molecule has 31 heavy (non-hydrogen) atoms. The number of carbonyl (C=O) groups is 1. The van der Waals surface area contributed by atoms with E-state index in [2.05, 4.69) is 35.8 Å². The van der Waals surface area contributed by atoms with Crippen molar-refractivity contribution < 1.29 is 22.6 Å². The van der Waals surface area contributed by atoms with Crippen LogP contribution in [-0.4, -0.2) is 37.4 Å². The van der Waals surface area contributed by atoms with Crippen molar-refractivity contribution >= 4 is 29.3 Å². The van der Waals surface area contributed by atoms with Gasteiger partial charge in [-0.2, -0.15) is 23.0 Å². The van der Waals surface area contributed by atoms with Gasteiger partial charge in [0.25, 0.3) is 5.91 Å². The molecule has 0 aliphatic rings. The minimum atomic E-state index is -4.56. The number of hydrogen-bond acceptors (Lipinski definition) is 9. The maximum absolute atomic E-state index is 13.1. The molecular weight excluding hydrogens is 437 g/mol. The number of benzene rings is 1. The number of aromatic nitrogens is 5. The zero-order chi connectivity index (χ0) is 22.0. The van der Waals surface area contributed by atoms with Crippen LogP contribution in [-0.2, 0) is 6.18 Å². The molecule has 0 fully saturated rings. The number of alkyl halides is 3. The van der Waals surface area contributed by atoms with Crippen LogP contribution in [0, 0.1) is 0 Å². The van der Waals surface area contributed by atoms with Crippen molar-refractivity contribution in [3.05, 3.63) is 58.6 Å². The zero-order valence-electron chi connectivity index (χ0n) is 15.2. The number of nitrogens with one attached hydrogen (secondary N) is 1. The van der Waals surface area contributed by atoms with Gasteiger partial charge in [-0.1, -0.05) is 29.5 Å². The summed E-state index contributed by atoms with van der Waals surface area (Å²) in [5.74, 6) is -0.848. The maximum Gasteiger partial charge on any atom is 0.417 e. The number of hydrogen-bond donors (Lipinski definition) is 2. The normalized spacial score (nSPS) is 11.8. The number of amides is 1. The predicted molar refractivity (Wildman–Crippen MR) is 103 cm³/mol. The molecular formula is C17H11F3N8O2S. The van der Waals surface area contributed by atoms with Gasteiger partial charge in [0, 0.05) is 5.56 Å². The number of thiophene rings is 1. The number of nitrogen functional groups attached to an aromatic ring is 1. The van der Waals surface area contributed by atoms with Crippen molar-refractivity contribution in [2.75, 3.05) is 5.73 Å². The molecule has 0 aliphatic carbocycles. The lowest BCUT2D eigenvalue weighted by atomic mass is 10.1. The molecule has 0 radical (unpaired) electrons. The van der Waals surface area contributed by atoms with Crippen LogP contribution in [0.2, 0.25) is 0 Å². The molecule has 14 heteroatoms. The van der Waals surface area contributed by atoms with Crippen LogP contribution in [0.3, 0.4) is 0 Å². The molecule has 3 aromatic heterocycles. The fourth-order valence-corrected chi connectivity index (χ4v) is 3.39. The highest BCUT2D eigenvalue weighted by Crippen LogP contribution is 2.31. The van der Waals surface area contributed by atoms with Gasteiger partial charge < -0.3 is 5.73 Å². The summed E-state index contributed by atoms with van der Waals surface area (Å²) in [6.07, 6.45) is -3.66. The third kappa shape index (κ3) is 4.00. The van der Waals surface area contributed by atoms with E-state index >= 15 is 0 Å². The van der Waals surface area contributed by atoms with Gasteiger partial charge >= 0.3 is 6.18 Å². The van der Waals surface area contributed by atoms with Crippen molar-refractivity contribution in [1.82, 2.24) is 30.7 Å². The fourth-order valence-electron chi connectivity index (χ4n) is 2.64. The molecule has 0 aliphatic heterocycles. The Hall–Kier alpha value is -4.07. The van der Waals surface area contributed by atoms with Crippen molar-refractivity contribution in [3.63, 3.8) is 0 Å². The number of halogens is 3. The minimum Gasteiger partial charge on any atom is -0.378 e. The molecule has 0 unspecified atom stereocenters. The van der Waals surface area contributed by atoms with Gasteiger partial charge in [-0.15, -0.1) is 16.4 Å². The van der Waals surface area contributed by atoms with E-state index in [1.807, 2.05) is 0 Å². The fraction of sp³-hybridized carbons (Fsp3) is 0.0588. The van der Waals surface area contributed by atoms with E-state index in [0.29, 0.717) is 4.88 Å². The van der Waals surface area contributed by atoms with Crippen LogP contribution >= 0.6 is 11.3 Å². The highest BCUT2D eigenvalue weighted by atomic mass is 32.1. The molecule has 0 saturated carbocycles. The SMILES string of the molecule is Nc1nonc1-n1nnc(C(=O)N/N=C/c2ccccc2C(F)(F)F)c1-c1cccs1. The van der Waals surface area contributed by atoms with E-state index in [9.17, 15) is 18.0 Å². The van der Waals surface area contributed by atoms with Gasteiger partial charge in [0.1, 0.15) is 5.69 Å². The monoisotopic (exact) mass is 448 g/mol. The van der Waals surface area contributed by atoms with Crippen molar-refractivity contribution in [1.29, 1.82) is 0 Å². The molecule has 1 amide bonds. The Balaban J connectivity index is 1.64. The summed E-state index contributed by atoms with van der Waals surface area (Å²) in [6.45, 7) is 0. The maximum atomic E-state index is 13.1. The lowest BCUT2D eigenvalue weighted by molar-refractivity contribution is -0.137. The van der Waals surface area contributed by atoms with E-state index in [1.54, 1.807) is 17.5 Å². The highest BCUT2D eigenvalue weighted by Gasteiger charge is 2.32. The smallest absolute Gasteiger partial charge is 0.378 e. The Bertz CT molecular complexity index is 1250. The van der Waals surface area contributed by atoms with Crippen LogP contribution < -0.4 is 11.2 Å². The second-order valence-corrected chi connectivity index (χ2v) is 6.88. The van der Waals surface area contributed by atoms with Gasteiger partial charge in [-0.25, -0.2) is 10.1 Å². The first-order chi connectivity index (χ1) is 14.9. The van der Waals surface area contributed by atoms with E-state index in [0.717, 1.165) is 12.3 Å². The van der Waals surface area contributed by atoms with Crippen molar-refractivity contribution in [3.8, 4) is 16.4 Å². The summed E-state index contributed by atoms with van der Waals surface area (Å²) in [4.78, 5) is 13.3. The molecule has 0 bridgehead atoms. The number of anilines is 1. The molecule has 158 valence electrons. The summed E-state index contributed by atoms with van der Waals surface area (Å²) in [7, 11) is 0. The quantitative estimate of drug-likeness (QED) is 0.354. The van der Waals surface area contributed by atoms with E-state index < -0.39 is 17.6 Å². The summed E-state index contributed by atoms with van der Waals surface area (Å²) in [5, 5.41) is 20.2. The number of rotatable bonds is 5. The summed E-state index contributed by atoms with van der Waals surface area (Å²) in [6, 6.07) is 8.29. The third-order valence-electron chi connectivity index (χ3n) is 3.97. The second kappa shape index (κ2) is 7.98. The second-order valence-electron chi connectivity index (χ2n) is 5.93. The average molecular weight is 448 g/mol. The molecule has 0 saturated heterocycles. The van der Waals surface area contributed by atoms with E-state index in [4.69, 9.17) is 5.73 Å². The molecule has 3 heterocycles. The zero-order valence-corrected chi connectivity index (χ0v) is 16.1. The third-order valence-corrected chi connectivity index (χ3v) is 4.85. The van der Waals surface area contributed by atoms with Gasteiger partial charge in [0.05, 0.1) is 16.7 Å². The molecule has 4 rings (SSSR count). The summed E-state index contributed by atoms with van der Waals surface area (Å²) in [5.41, 5.74) is 6.87. The lowest BCUT2D eigenvalue weighted by Gasteiger charge is -2.09. The Morgan fingerprint density at radius 2 is 2.03 bits per heavy atom. The summed E-state index contributed by atoms with van der Waals surface area (Å²) < 4.78 is 45.0. The van der Waals surface area contributed by atoms with Gasteiger partial charge in [-0.3, -0.25) is 4.79 Å². The number of nitrogens with zero attached hydrogens (tertiary/aromatic N) is 6. The molecule has 4 aromatic rings. The Morgan fingerprint density at radius 3 is 2.71 bits per heavy atom. The molecule has 3 N–H and O–H groups in total. The largest absolute Gasteiger partial charge is 0.417 e. The van der Waals surface area contributed by atoms with Gasteiger partial charge in [0.2, 0.25) is 11.6 Å². The van der Waals surface area contributed by atoms with Gasteiger partial charge in [-0.05, 0) is 27.8 Å². The van der Waals surface area contributed by atoms with Crippen LogP contribution in [0.25, 0.3) is 16.4 Å². The number of carbonyl (C=O) groups excluding carboxylic acids is 1. The Kier molecular flexibility index (Phi) is 5.21. The van der Waals surface area contributed by atoms with Crippen LogP contribution in [0.5, 0.6) is 0 Å². The van der Waals surface area contributed by atoms with Gasteiger partial charge in [0.15, 0.2) is 5.69 Å². The lowest BCUT2D eigenvalue weighted by Crippen LogP contribution is -2.19. The highest BCUT2D eigenvalue weighted by molar-refractivity contribution is 7.13. The molecule has 0 spiro atoms. The molecule has 10 nitrogen and oxygen atoms in total. The predicted octanol–water partition coefficient (Wildman–Crippen LogP) is 2.74. The standard InChI is InChI=1S/C17H11F3N8O2S/c18-17(19,20)10-5-2-1-4-9(10)8-22-24-16(29)12-13(11-6-3-7-31-11)28(27-23-12)15-14(21)25-30-26-15/h1-8H,(H2,21,25)(H,24,29)/b22-8+. The topological polar surface area (TPSA) is 137 Å². The van der Waals surface area contributed by atoms with Crippen molar-refractivity contribution in [2.45, 2.75) is 6.18 Å². The number of hydrazone groups is 1. The van der Waals surface area contributed by atoms with Crippen LogP contribution in [0.15, 0.2) is 51.5 Å². The Labute approximate surface area is 175 Å². The first kappa shape index (κ1) is 20.2. The first-order valence-corrected chi connectivity index (χ1v) is 9.32. The molecule has 0 atom stereocenters. The van der Waals surface area contributed by atoms with Crippen LogP contribution in [0.4, 0.5) is 19.0 Å². The van der Waals surface area contributed by atoms with Crippen molar-refractivity contribution in [2.24, 2.45) is 5.10 Å². The van der Waals surface area contributed by atoms with E-state index in [1.165, 1.54) is 34.2 Å².